The van der Waals surface area contributed by atoms with Crippen LogP contribution in [-0.2, 0) is 0 Å². The highest BCUT2D eigenvalue weighted by Crippen LogP contribution is 2.27. The average molecular weight is 280 g/mol. The quantitative estimate of drug-likeness (QED) is 0.741. The minimum absolute atomic E-state index is 0.482. The third-order valence-corrected chi connectivity index (χ3v) is 3.19. The minimum atomic E-state index is 0.482. The Bertz CT molecular complexity index is 707. The first-order valence-electron chi connectivity index (χ1n) is 6.80. The molecule has 0 bridgehead atoms. The van der Waals surface area contributed by atoms with Gasteiger partial charge < -0.3 is 10.2 Å². The number of hydrogen-bond donors (Lipinski definition) is 1. The van der Waals surface area contributed by atoms with Crippen LogP contribution in [0.5, 0.6) is 0 Å². The van der Waals surface area contributed by atoms with Gasteiger partial charge in [0, 0.05) is 23.5 Å². The second-order valence-corrected chi connectivity index (χ2v) is 4.59. The zero-order chi connectivity index (χ0) is 14.7. The molecular weight excluding hydrogens is 264 g/mol. The molecule has 0 saturated carbocycles. The van der Waals surface area contributed by atoms with E-state index in [2.05, 4.69) is 10.2 Å². The SMILES string of the molecule is CCN(c1ccccc1)c1nnc(-c2ccc(N)cc2)o1. The standard InChI is InChI=1S/C16H16N4O/c1-2-20(14-6-4-3-5-7-14)16-19-18-15(21-16)12-8-10-13(17)11-9-12/h3-11H,2,17H2,1H3. The second kappa shape index (κ2) is 5.66. The van der Waals surface area contributed by atoms with Crippen LogP contribution in [0.1, 0.15) is 6.92 Å². The van der Waals surface area contributed by atoms with Crippen LogP contribution in [0, 0.1) is 0 Å². The van der Waals surface area contributed by atoms with Crippen LogP contribution in [-0.4, -0.2) is 16.7 Å². The van der Waals surface area contributed by atoms with Gasteiger partial charge in [-0.25, -0.2) is 0 Å². The first-order valence-corrected chi connectivity index (χ1v) is 6.80. The number of benzene rings is 2. The molecule has 2 N–H and O–H groups in total. The maximum atomic E-state index is 5.78. The number of hydrogen-bond acceptors (Lipinski definition) is 5. The lowest BCUT2D eigenvalue weighted by Gasteiger charge is -2.17. The predicted octanol–water partition coefficient (Wildman–Crippen LogP) is 3.48. The van der Waals surface area contributed by atoms with Crippen LogP contribution < -0.4 is 10.6 Å². The zero-order valence-electron chi connectivity index (χ0n) is 11.7. The number of nitrogen functional groups attached to an aromatic ring is 1. The predicted molar refractivity (Wildman–Crippen MR) is 83.3 cm³/mol. The highest BCUT2D eigenvalue weighted by atomic mass is 16.4. The van der Waals surface area contributed by atoms with E-state index in [1.165, 1.54) is 0 Å². The third-order valence-electron chi connectivity index (χ3n) is 3.19. The van der Waals surface area contributed by atoms with Gasteiger partial charge in [-0.3, -0.25) is 4.90 Å². The molecule has 106 valence electrons. The summed E-state index contributed by atoms with van der Waals surface area (Å²) in [6.45, 7) is 2.79. The minimum Gasteiger partial charge on any atom is -0.403 e. The monoisotopic (exact) mass is 280 g/mol. The van der Waals surface area contributed by atoms with Gasteiger partial charge in [0.2, 0.25) is 5.89 Å². The van der Waals surface area contributed by atoms with Gasteiger partial charge in [0.15, 0.2) is 0 Å². The summed E-state index contributed by atoms with van der Waals surface area (Å²) in [5.41, 5.74) is 8.26. The van der Waals surface area contributed by atoms with Crippen molar-refractivity contribution in [3.05, 3.63) is 54.6 Å². The van der Waals surface area contributed by atoms with Crippen molar-refractivity contribution >= 4 is 17.4 Å². The topological polar surface area (TPSA) is 68.2 Å². The number of nitrogens with two attached hydrogens (primary N) is 1. The Hall–Kier alpha value is -2.82. The molecule has 3 rings (SSSR count). The van der Waals surface area contributed by atoms with E-state index in [1.807, 2.05) is 66.4 Å². The zero-order valence-corrected chi connectivity index (χ0v) is 11.7. The summed E-state index contributed by atoms with van der Waals surface area (Å²) in [6, 6.07) is 17.8. The fourth-order valence-electron chi connectivity index (χ4n) is 2.10. The van der Waals surface area contributed by atoms with Gasteiger partial charge in [-0.2, -0.15) is 0 Å². The first-order chi connectivity index (χ1) is 10.3. The Labute approximate surface area is 123 Å². The summed E-state index contributed by atoms with van der Waals surface area (Å²) in [6.07, 6.45) is 0. The maximum absolute atomic E-state index is 5.78. The van der Waals surface area contributed by atoms with Gasteiger partial charge in [0.1, 0.15) is 0 Å². The van der Waals surface area contributed by atoms with Crippen LogP contribution in [0.3, 0.4) is 0 Å². The van der Waals surface area contributed by atoms with Gasteiger partial charge in [0.05, 0.1) is 0 Å². The summed E-state index contributed by atoms with van der Waals surface area (Å²) in [5.74, 6) is 0.486. The molecule has 5 nitrogen and oxygen atoms in total. The number of rotatable bonds is 4. The molecule has 0 aliphatic rings. The summed E-state index contributed by atoms with van der Waals surface area (Å²) in [5, 5.41) is 8.25. The Morgan fingerprint density at radius 2 is 1.71 bits per heavy atom. The van der Waals surface area contributed by atoms with Crippen molar-refractivity contribution in [1.29, 1.82) is 0 Å². The fourth-order valence-corrected chi connectivity index (χ4v) is 2.10. The lowest BCUT2D eigenvalue weighted by atomic mass is 10.2. The van der Waals surface area contributed by atoms with Crippen molar-refractivity contribution in [3.63, 3.8) is 0 Å². The molecule has 0 fully saturated rings. The number of aromatic nitrogens is 2. The molecule has 2 aromatic carbocycles. The molecule has 0 unspecified atom stereocenters. The van der Waals surface area contributed by atoms with Gasteiger partial charge in [-0.1, -0.05) is 23.3 Å². The van der Waals surface area contributed by atoms with Crippen molar-refractivity contribution in [2.24, 2.45) is 0 Å². The van der Waals surface area contributed by atoms with Crippen molar-refractivity contribution in [1.82, 2.24) is 10.2 Å². The van der Waals surface area contributed by atoms with Crippen molar-refractivity contribution in [3.8, 4) is 11.5 Å². The molecular formula is C16H16N4O. The Morgan fingerprint density at radius 3 is 2.38 bits per heavy atom. The van der Waals surface area contributed by atoms with E-state index < -0.39 is 0 Å². The summed E-state index contributed by atoms with van der Waals surface area (Å²) in [7, 11) is 0. The molecule has 3 aromatic rings. The highest BCUT2D eigenvalue weighted by molar-refractivity contribution is 5.60. The second-order valence-electron chi connectivity index (χ2n) is 4.59. The normalized spacial score (nSPS) is 10.5. The van der Waals surface area contributed by atoms with Gasteiger partial charge in [-0.05, 0) is 43.3 Å². The molecule has 1 heterocycles. The Morgan fingerprint density at radius 1 is 1.00 bits per heavy atom. The van der Waals surface area contributed by atoms with E-state index in [1.54, 1.807) is 0 Å². The molecule has 0 radical (unpaired) electrons. The maximum Gasteiger partial charge on any atom is 0.323 e. The Kier molecular flexibility index (Phi) is 3.55. The Balaban J connectivity index is 1.92. The summed E-state index contributed by atoms with van der Waals surface area (Å²) >= 11 is 0. The molecule has 0 atom stereocenters. The number of nitrogens with zero attached hydrogens (tertiary/aromatic N) is 3. The van der Waals surface area contributed by atoms with Crippen LogP contribution in [0.25, 0.3) is 11.5 Å². The van der Waals surface area contributed by atoms with Crippen LogP contribution >= 0.6 is 0 Å². The molecule has 0 amide bonds. The summed E-state index contributed by atoms with van der Waals surface area (Å²) in [4.78, 5) is 1.97. The van der Waals surface area contributed by atoms with Gasteiger partial charge in [-0.15, -0.1) is 5.10 Å². The lowest BCUT2D eigenvalue weighted by molar-refractivity contribution is 0.565. The fraction of sp³-hybridized carbons (Fsp3) is 0.125. The van der Waals surface area contributed by atoms with Crippen LogP contribution in [0.4, 0.5) is 17.4 Å². The molecule has 21 heavy (non-hydrogen) atoms. The van der Waals surface area contributed by atoms with Crippen molar-refractivity contribution < 1.29 is 4.42 Å². The van der Waals surface area contributed by atoms with Crippen molar-refractivity contribution in [2.45, 2.75) is 6.92 Å². The van der Waals surface area contributed by atoms with E-state index in [9.17, 15) is 0 Å². The average Bonchev–Trinajstić information content (AvgIpc) is 2.99. The molecule has 1 aromatic heterocycles. The van der Waals surface area contributed by atoms with E-state index in [4.69, 9.17) is 10.2 Å². The first kappa shape index (κ1) is 13.2. The highest BCUT2D eigenvalue weighted by Gasteiger charge is 2.15. The molecule has 0 aliphatic heterocycles. The third kappa shape index (κ3) is 2.72. The van der Waals surface area contributed by atoms with Crippen LogP contribution in [0.2, 0.25) is 0 Å². The number of para-hydroxylation sites is 1. The van der Waals surface area contributed by atoms with Crippen molar-refractivity contribution in [2.75, 3.05) is 17.2 Å². The van der Waals surface area contributed by atoms with E-state index >= 15 is 0 Å². The van der Waals surface area contributed by atoms with E-state index in [0.717, 1.165) is 17.8 Å². The molecule has 0 spiro atoms. The summed E-state index contributed by atoms with van der Waals surface area (Å²) < 4.78 is 5.78. The molecule has 0 aliphatic carbocycles. The smallest absolute Gasteiger partial charge is 0.323 e. The lowest BCUT2D eigenvalue weighted by Crippen LogP contribution is -2.16. The largest absolute Gasteiger partial charge is 0.403 e. The molecule has 0 saturated heterocycles. The molecule has 5 heteroatoms. The number of anilines is 3. The van der Waals surface area contributed by atoms with E-state index in [-0.39, 0.29) is 0 Å². The van der Waals surface area contributed by atoms with Gasteiger partial charge >= 0.3 is 6.01 Å². The van der Waals surface area contributed by atoms with Gasteiger partial charge in [0.25, 0.3) is 0 Å². The van der Waals surface area contributed by atoms with Crippen LogP contribution in [0.15, 0.2) is 59.0 Å². The van der Waals surface area contributed by atoms with E-state index in [0.29, 0.717) is 17.6 Å².